The van der Waals surface area contributed by atoms with Gasteiger partial charge in [-0.05, 0) is 29.6 Å². The quantitative estimate of drug-likeness (QED) is 0.584. The van der Waals surface area contributed by atoms with E-state index in [0.717, 1.165) is 5.92 Å². The average molecular weight is 184 g/mol. The Bertz CT molecular complexity index is 137. The Balaban J connectivity index is 4.03. The van der Waals surface area contributed by atoms with Crippen molar-refractivity contribution in [3.05, 3.63) is 0 Å². The fourth-order valence-electron chi connectivity index (χ4n) is 1.50. The van der Waals surface area contributed by atoms with E-state index in [9.17, 15) is 0 Å². The highest BCUT2D eigenvalue weighted by molar-refractivity contribution is 4.77. The molecule has 80 valence electrons. The molecule has 13 heavy (non-hydrogen) atoms. The lowest BCUT2D eigenvalue weighted by Gasteiger charge is -2.34. The maximum absolute atomic E-state index is 2.41. The van der Waals surface area contributed by atoms with Gasteiger partial charge in [-0.3, -0.25) is 0 Å². The molecule has 0 amide bonds. The van der Waals surface area contributed by atoms with E-state index >= 15 is 0 Å². The van der Waals surface area contributed by atoms with Crippen molar-refractivity contribution in [1.29, 1.82) is 0 Å². The van der Waals surface area contributed by atoms with Gasteiger partial charge in [0.05, 0.1) is 0 Å². The zero-order valence-electron chi connectivity index (χ0n) is 10.7. The third-order valence-electron chi connectivity index (χ3n) is 3.47. The molecule has 0 rings (SSSR count). The summed E-state index contributed by atoms with van der Waals surface area (Å²) in [4.78, 5) is 0. The van der Waals surface area contributed by atoms with Gasteiger partial charge >= 0.3 is 0 Å². The van der Waals surface area contributed by atoms with E-state index in [1.54, 1.807) is 0 Å². The Morgan fingerprint density at radius 1 is 0.923 bits per heavy atom. The third kappa shape index (κ3) is 5.33. The maximum atomic E-state index is 2.41. The Morgan fingerprint density at radius 3 is 1.69 bits per heavy atom. The van der Waals surface area contributed by atoms with Crippen molar-refractivity contribution in [2.75, 3.05) is 0 Å². The molecule has 0 aromatic carbocycles. The summed E-state index contributed by atoms with van der Waals surface area (Å²) in [5, 5.41) is 0. The van der Waals surface area contributed by atoms with Crippen molar-refractivity contribution in [3.63, 3.8) is 0 Å². The number of rotatable bonds is 4. The van der Waals surface area contributed by atoms with Crippen LogP contribution in [-0.4, -0.2) is 0 Å². The molecule has 0 heterocycles. The average Bonchev–Trinajstić information content (AvgIpc) is 1.98. The summed E-state index contributed by atoms with van der Waals surface area (Å²) >= 11 is 0. The molecule has 0 bridgehead atoms. The summed E-state index contributed by atoms with van der Waals surface area (Å²) in [6.45, 7) is 16.5. The highest BCUT2D eigenvalue weighted by atomic mass is 14.3. The minimum Gasteiger partial charge on any atom is -0.0651 e. The first-order valence-electron chi connectivity index (χ1n) is 5.69. The van der Waals surface area contributed by atoms with Crippen LogP contribution in [0.1, 0.15) is 67.7 Å². The van der Waals surface area contributed by atoms with Crippen molar-refractivity contribution in [3.8, 4) is 0 Å². The summed E-state index contributed by atoms with van der Waals surface area (Å²) in [5.74, 6) is 0.842. The number of hydrogen-bond acceptors (Lipinski definition) is 0. The van der Waals surface area contributed by atoms with Gasteiger partial charge in [0, 0.05) is 0 Å². The van der Waals surface area contributed by atoms with Crippen molar-refractivity contribution >= 4 is 0 Å². The van der Waals surface area contributed by atoms with E-state index in [-0.39, 0.29) is 0 Å². The second-order valence-corrected chi connectivity index (χ2v) is 6.36. The Hall–Kier alpha value is 0. The second-order valence-electron chi connectivity index (χ2n) is 6.36. The van der Waals surface area contributed by atoms with Crippen molar-refractivity contribution in [2.24, 2.45) is 16.7 Å². The molecule has 1 atom stereocenters. The van der Waals surface area contributed by atoms with Crippen LogP contribution in [0.3, 0.4) is 0 Å². The third-order valence-corrected chi connectivity index (χ3v) is 3.47. The van der Waals surface area contributed by atoms with Gasteiger partial charge in [-0.25, -0.2) is 0 Å². The van der Waals surface area contributed by atoms with Crippen LogP contribution in [0.2, 0.25) is 0 Å². The molecule has 0 fully saturated rings. The van der Waals surface area contributed by atoms with E-state index in [1.807, 2.05) is 0 Å². The van der Waals surface area contributed by atoms with Crippen molar-refractivity contribution in [2.45, 2.75) is 67.7 Å². The summed E-state index contributed by atoms with van der Waals surface area (Å²) in [6.07, 6.45) is 3.99. The van der Waals surface area contributed by atoms with E-state index in [1.165, 1.54) is 19.3 Å². The molecule has 0 heteroatoms. The van der Waals surface area contributed by atoms with E-state index in [4.69, 9.17) is 0 Å². The van der Waals surface area contributed by atoms with Gasteiger partial charge in [0.25, 0.3) is 0 Å². The zero-order valence-corrected chi connectivity index (χ0v) is 10.7. The normalized spacial score (nSPS) is 15.9. The summed E-state index contributed by atoms with van der Waals surface area (Å²) in [6, 6.07) is 0. The van der Waals surface area contributed by atoms with Gasteiger partial charge in [-0.1, -0.05) is 54.9 Å². The lowest BCUT2D eigenvalue weighted by atomic mass is 9.72. The van der Waals surface area contributed by atoms with Crippen LogP contribution in [-0.2, 0) is 0 Å². The predicted octanol–water partition coefficient (Wildman–Crippen LogP) is 4.89. The Labute approximate surface area is 85.1 Å². The van der Waals surface area contributed by atoms with Gasteiger partial charge < -0.3 is 0 Å². The first-order valence-corrected chi connectivity index (χ1v) is 5.69. The molecular formula is C13H28. The highest BCUT2D eigenvalue weighted by Crippen LogP contribution is 2.37. The molecule has 0 aromatic rings. The van der Waals surface area contributed by atoms with Gasteiger partial charge in [0.15, 0.2) is 0 Å². The Morgan fingerprint density at radius 2 is 1.38 bits per heavy atom. The molecular weight excluding hydrogens is 156 g/mol. The molecule has 0 aliphatic rings. The van der Waals surface area contributed by atoms with Crippen LogP contribution < -0.4 is 0 Å². The summed E-state index contributed by atoms with van der Waals surface area (Å²) in [5.41, 5.74) is 1.01. The van der Waals surface area contributed by atoms with E-state index in [0.29, 0.717) is 10.8 Å². The van der Waals surface area contributed by atoms with Gasteiger partial charge in [0.1, 0.15) is 0 Å². The zero-order chi connectivity index (χ0) is 10.7. The highest BCUT2D eigenvalue weighted by Gasteiger charge is 2.26. The van der Waals surface area contributed by atoms with E-state index < -0.39 is 0 Å². The molecule has 0 aliphatic heterocycles. The van der Waals surface area contributed by atoms with Crippen LogP contribution in [0, 0.1) is 16.7 Å². The van der Waals surface area contributed by atoms with Crippen LogP contribution in [0.15, 0.2) is 0 Å². The minimum absolute atomic E-state index is 0.491. The second kappa shape index (κ2) is 4.48. The van der Waals surface area contributed by atoms with E-state index in [2.05, 4.69) is 48.5 Å². The summed E-state index contributed by atoms with van der Waals surface area (Å²) < 4.78 is 0. The molecule has 1 unspecified atom stereocenters. The maximum Gasteiger partial charge on any atom is -0.0328 e. The SMILES string of the molecule is CCC(C)C(C)(C)CCC(C)(C)C. The van der Waals surface area contributed by atoms with Gasteiger partial charge in [-0.15, -0.1) is 0 Å². The molecule has 0 radical (unpaired) electrons. The molecule has 0 nitrogen and oxygen atoms in total. The monoisotopic (exact) mass is 184 g/mol. The van der Waals surface area contributed by atoms with Crippen LogP contribution in [0.5, 0.6) is 0 Å². The topological polar surface area (TPSA) is 0 Å². The van der Waals surface area contributed by atoms with Crippen molar-refractivity contribution < 1.29 is 0 Å². The molecule has 0 aliphatic carbocycles. The van der Waals surface area contributed by atoms with Gasteiger partial charge in [-0.2, -0.15) is 0 Å². The first kappa shape index (κ1) is 13.0. The summed E-state index contributed by atoms with van der Waals surface area (Å²) in [7, 11) is 0. The van der Waals surface area contributed by atoms with Crippen LogP contribution in [0.25, 0.3) is 0 Å². The lowest BCUT2D eigenvalue weighted by Crippen LogP contribution is -2.23. The fourth-order valence-corrected chi connectivity index (χ4v) is 1.50. The van der Waals surface area contributed by atoms with Crippen LogP contribution >= 0.6 is 0 Å². The molecule has 0 saturated carbocycles. The molecule has 0 saturated heterocycles. The fraction of sp³-hybridized carbons (Fsp3) is 1.00. The predicted molar refractivity (Wildman–Crippen MR) is 61.9 cm³/mol. The first-order chi connectivity index (χ1) is 5.69. The largest absolute Gasteiger partial charge is 0.0651 e. The smallest absolute Gasteiger partial charge is 0.0328 e. The Kier molecular flexibility index (Phi) is 4.48. The minimum atomic E-state index is 0.491. The lowest BCUT2D eigenvalue weighted by molar-refractivity contribution is 0.173. The number of hydrogen-bond donors (Lipinski definition) is 0. The molecule has 0 spiro atoms. The molecule has 0 aromatic heterocycles. The molecule has 0 N–H and O–H groups in total. The van der Waals surface area contributed by atoms with Crippen molar-refractivity contribution in [1.82, 2.24) is 0 Å². The van der Waals surface area contributed by atoms with Crippen LogP contribution in [0.4, 0.5) is 0 Å². The van der Waals surface area contributed by atoms with Gasteiger partial charge in [0.2, 0.25) is 0 Å². The standard InChI is InChI=1S/C13H28/c1-8-11(2)13(6,7)10-9-12(3,4)5/h11H,8-10H2,1-7H3.